The highest BCUT2D eigenvalue weighted by atomic mass is 32.1. The summed E-state index contributed by atoms with van der Waals surface area (Å²) in [6.07, 6.45) is 0.739. The summed E-state index contributed by atoms with van der Waals surface area (Å²) >= 11 is 1.46. The highest BCUT2D eigenvalue weighted by Crippen LogP contribution is 2.37. The molecule has 4 rings (SSSR count). The topological polar surface area (TPSA) is 49.9 Å². The number of halogens is 1. The fourth-order valence-corrected chi connectivity index (χ4v) is 4.27. The summed E-state index contributed by atoms with van der Waals surface area (Å²) in [7, 11) is 0. The first-order valence-electron chi connectivity index (χ1n) is 8.20. The minimum Gasteiger partial charge on any atom is -0.378 e. The maximum Gasteiger partial charge on any atom is 0.264 e. The van der Waals surface area contributed by atoms with Gasteiger partial charge in [-0.05, 0) is 30.3 Å². The number of nitrogens with zero attached hydrogens (tertiary/aromatic N) is 2. The Kier molecular flexibility index (Phi) is 4.27. The molecular weight excluding hydrogens is 343 g/mol. The quantitative estimate of drug-likeness (QED) is 0.827. The lowest BCUT2D eigenvalue weighted by molar-refractivity contribution is 0.0306. The molecule has 0 aliphatic carbocycles. The van der Waals surface area contributed by atoms with Gasteiger partial charge in [0.05, 0.1) is 23.8 Å². The van der Waals surface area contributed by atoms with Gasteiger partial charge in [-0.2, -0.15) is 0 Å². The van der Waals surface area contributed by atoms with Gasteiger partial charge in [-0.15, -0.1) is 11.3 Å². The molecule has 1 aromatic heterocycles. The number of benzene rings is 1. The average Bonchev–Trinajstić information content (AvgIpc) is 3.22. The number of amides is 2. The third-order valence-corrected chi connectivity index (χ3v) is 5.66. The van der Waals surface area contributed by atoms with Crippen LogP contribution in [0.1, 0.15) is 24.9 Å². The fourth-order valence-electron chi connectivity index (χ4n) is 3.15. The highest BCUT2D eigenvalue weighted by molar-refractivity contribution is 7.14. The van der Waals surface area contributed by atoms with E-state index in [2.05, 4.69) is 0 Å². The molecule has 1 aromatic carbocycles. The van der Waals surface area contributed by atoms with Crippen LogP contribution in [0.5, 0.6) is 0 Å². The molecule has 3 heterocycles. The van der Waals surface area contributed by atoms with E-state index in [0.29, 0.717) is 43.3 Å². The number of fused-ring (bicyclic) bond motifs is 1. The number of hydrogen-bond donors (Lipinski definition) is 0. The van der Waals surface area contributed by atoms with Crippen LogP contribution in [-0.4, -0.2) is 49.6 Å². The molecule has 0 unspecified atom stereocenters. The van der Waals surface area contributed by atoms with Gasteiger partial charge in [0.2, 0.25) is 0 Å². The maximum absolute atomic E-state index is 13.1. The van der Waals surface area contributed by atoms with Gasteiger partial charge >= 0.3 is 0 Å². The molecule has 0 saturated carbocycles. The highest BCUT2D eigenvalue weighted by Gasteiger charge is 2.30. The van der Waals surface area contributed by atoms with E-state index in [1.165, 1.54) is 35.6 Å². The Labute approximate surface area is 148 Å². The minimum absolute atomic E-state index is 0.00289. The third kappa shape index (κ3) is 3.05. The molecule has 0 bridgehead atoms. The van der Waals surface area contributed by atoms with Gasteiger partial charge in [-0.1, -0.05) is 0 Å². The summed E-state index contributed by atoms with van der Waals surface area (Å²) in [6.45, 7) is 2.90. The molecule has 1 fully saturated rings. The molecule has 130 valence electrons. The zero-order chi connectivity index (χ0) is 17.4. The number of rotatable bonds is 2. The van der Waals surface area contributed by atoms with Crippen LogP contribution >= 0.6 is 11.3 Å². The Morgan fingerprint density at radius 1 is 1.04 bits per heavy atom. The lowest BCUT2D eigenvalue weighted by Gasteiger charge is -2.26. The van der Waals surface area contributed by atoms with Crippen LogP contribution in [0.4, 0.5) is 10.1 Å². The number of carbonyl (C=O) groups is 2. The van der Waals surface area contributed by atoms with Crippen LogP contribution in [-0.2, 0) is 11.2 Å². The molecular formula is C18H17FN2O3S. The third-order valence-electron chi connectivity index (χ3n) is 4.49. The lowest BCUT2D eigenvalue weighted by Crippen LogP contribution is -2.40. The van der Waals surface area contributed by atoms with Gasteiger partial charge in [-0.3, -0.25) is 9.59 Å². The second-order valence-electron chi connectivity index (χ2n) is 6.04. The molecule has 2 amide bonds. The Hall–Kier alpha value is -2.25. The lowest BCUT2D eigenvalue weighted by atomic mass is 10.2. The van der Waals surface area contributed by atoms with Crippen molar-refractivity contribution in [3.8, 4) is 0 Å². The van der Waals surface area contributed by atoms with Gasteiger partial charge < -0.3 is 14.5 Å². The summed E-state index contributed by atoms with van der Waals surface area (Å²) in [5.74, 6) is -0.536. The van der Waals surface area contributed by atoms with Crippen molar-refractivity contribution in [1.29, 1.82) is 0 Å². The SMILES string of the molecule is O=C(c1cc2c(s1)CCN2C(=O)c1ccc(F)cc1)N1CCOCC1. The van der Waals surface area contributed by atoms with E-state index in [-0.39, 0.29) is 17.6 Å². The predicted octanol–water partition coefficient (Wildman–Crippen LogP) is 2.56. The smallest absolute Gasteiger partial charge is 0.264 e. The zero-order valence-electron chi connectivity index (χ0n) is 13.5. The zero-order valence-corrected chi connectivity index (χ0v) is 14.4. The Balaban J connectivity index is 1.56. The standard InChI is InChI=1S/C18H17FN2O3S/c19-13-3-1-12(2-4-13)17(22)21-6-5-15-14(21)11-16(25-15)18(23)20-7-9-24-10-8-20/h1-4,11H,5-10H2. The summed E-state index contributed by atoms with van der Waals surface area (Å²) in [6, 6.07) is 7.35. The molecule has 2 aromatic rings. The first-order valence-corrected chi connectivity index (χ1v) is 9.02. The van der Waals surface area contributed by atoms with Crippen molar-refractivity contribution in [2.24, 2.45) is 0 Å². The van der Waals surface area contributed by atoms with Gasteiger partial charge in [0.1, 0.15) is 5.82 Å². The van der Waals surface area contributed by atoms with Crippen molar-refractivity contribution >= 4 is 28.8 Å². The first kappa shape index (κ1) is 16.2. The van der Waals surface area contributed by atoms with Crippen LogP contribution in [0.25, 0.3) is 0 Å². The van der Waals surface area contributed by atoms with Crippen molar-refractivity contribution in [3.63, 3.8) is 0 Å². The van der Waals surface area contributed by atoms with Crippen LogP contribution in [0, 0.1) is 5.82 Å². The van der Waals surface area contributed by atoms with E-state index in [0.717, 1.165) is 17.0 Å². The second-order valence-corrected chi connectivity index (χ2v) is 7.17. The monoisotopic (exact) mass is 360 g/mol. The fraction of sp³-hybridized carbons (Fsp3) is 0.333. The normalized spacial score (nSPS) is 16.8. The maximum atomic E-state index is 13.1. The number of carbonyl (C=O) groups excluding carboxylic acids is 2. The predicted molar refractivity (Wildman–Crippen MR) is 92.8 cm³/mol. The summed E-state index contributed by atoms with van der Waals surface area (Å²) in [4.78, 5) is 30.5. The average molecular weight is 360 g/mol. The summed E-state index contributed by atoms with van der Waals surface area (Å²) in [5, 5.41) is 0. The first-order chi connectivity index (χ1) is 12.1. The van der Waals surface area contributed by atoms with E-state index in [4.69, 9.17) is 4.74 Å². The second kappa shape index (κ2) is 6.57. The molecule has 5 nitrogen and oxygen atoms in total. The number of anilines is 1. The van der Waals surface area contributed by atoms with Gasteiger partial charge in [0.15, 0.2) is 0 Å². The van der Waals surface area contributed by atoms with Crippen molar-refractivity contribution in [1.82, 2.24) is 4.90 Å². The number of morpholine rings is 1. The molecule has 2 aliphatic heterocycles. The Bertz CT molecular complexity index is 812. The minimum atomic E-state index is -0.368. The van der Waals surface area contributed by atoms with Crippen LogP contribution in [0.15, 0.2) is 30.3 Å². The molecule has 2 aliphatic rings. The van der Waals surface area contributed by atoms with Crippen molar-refractivity contribution in [2.45, 2.75) is 6.42 Å². The van der Waals surface area contributed by atoms with Gasteiger partial charge in [-0.25, -0.2) is 4.39 Å². The van der Waals surface area contributed by atoms with Gasteiger partial charge in [0.25, 0.3) is 11.8 Å². The molecule has 0 atom stereocenters. The Morgan fingerprint density at radius 2 is 1.76 bits per heavy atom. The van der Waals surface area contributed by atoms with E-state index in [9.17, 15) is 14.0 Å². The van der Waals surface area contributed by atoms with E-state index < -0.39 is 0 Å². The molecule has 7 heteroatoms. The van der Waals surface area contributed by atoms with E-state index >= 15 is 0 Å². The molecule has 0 N–H and O–H groups in total. The van der Waals surface area contributed by atoms with Crippen LogP contribution < -0.4 is 4.90 Å². The number of ether oxygens (including phenoxy) is 1. The van der Waals surface area contributed by atoms with Crippen molar-refractivity contribution in [3.05, 3.63) is 51.5 Å². The number of thiophene rings is 1. The summed E-state index contributed by atoms with van der Waals surface area (Å²) in [5.41, 5.74) is 1.25. The molecule has 0 spiro atoms. The molecule has 1 saturated heterocycles. The summed E-state index contributed by atoms with van der Waals surface area (Å²) < 4.78 is 18.3. The molecule has 25 heavy (non-hydrogen) atoms. The van der Waals surface area contributed by atoms with Crippen LogP contribution in [0.3, 0.4) is 0 Å². The van der Waals surface area contributed by atoms with Crippen LogP contribution in [0.2, 0.25) is 0 Å². The van der Waals surface area contributed by atoms with Crippen molar-refractivity contribution < 1.29 is 18.7 Å². The largest absolute Gasteiger partial charge is 0.378 e. The van der Waals surface area contributed by atoms with E-state index in [1.807, 2.05) is 6.07 Å². The molecule has 0 radical (unpaired) electrons. The van der Waals surface area contributed by atoms with Crippen molar-refractivity contribution in [2.75, 3.05) is 37.7 Å². The Morgan fingerprint density at radius 3 is 2.48 bits per heavy atom. The van der Waals surface area contributed by atoms with E-state index in [1.54, 1.807) is 9.80 Å². The number of hydrogen-bond acceptors (Lipinski definition) is 4. The van der Waals surface area contributed by atoms with Gasteiger partial charge in [0, 0.05) is 36.5 Å².